The molecule has 4 nitrogen and oxygen atoms in total. The molecule has 2 aliphatic rings. The number of aryl methyl sites for hydroxylation is 1. The lowest BCUT2D eigenvalue weighted by Gasteiger charge is -2.29. The quantitative estimate of drug-likeness (QED) is 0.604. The number of anilines is 2. The van der Waals surface area contributed by atoms with Gasteiger partial charge >= 0.3 is 0 Å². The summed E-state index contributed by atoms with van der Waals surface area (Å²) in [7, 11) is 0. The average molecular weight is 396 g/mol. The van der Waals surface area contributed by atoms with Gasteiger partial charge in [-0.15, -0.1) is 0 Å². The van der Waals surface area contributed by atoms with Crippen LogP contribution in [0, 0.1) is 0 Å². The number of hydrogen-bond acceptors (Lipinski definition) is 4. The standard InChI is InChI=1S/C26H25N3O/c1-2-17-9-11-18(12-10-17)20-14-23-25(24(30)15-20)26(19-6-5-13-27-16-19)29-22-8-4-3-7-21(22)28-23/h3-13,16,20,26,28-29H,2,14-15H2,1H3. The Labute approximate surface area is 177 Å². The summed E-state index contributed by atoms with van der Waals surface area (Å²) >= 11 is 0. The highest BCUT2D eigenvalue weighted by Crippen LogP contribution is 2.44. The zero-order valence-corrected chi connectivity index (χ0v) is 17.1. The van der Waals surface area contributed by atoms with Gasteiger partial charge in [0, 0.05) is 30.1 Å². The number of rotatable bonds is 3. The number of nitrogens with one attached hydrogen (secondary N) is 2. The summed E-state index contributed by atoms with van der Waals surface area (Å²) < 4.78 is 0. The van der Waals surface area contributed by atoms with Crippen LogP contribution in [0.3, 0.4) is 0 Å². The van der Waals surface area contributed by atoms with E-state index < -0.39 is 0 Å². The summed E-state index contributed by atoms with van der Waals surface area (Å²) in [5, 5.41) is 7.18. The molecule has 0 spiro atoms. The maximum atomic E-state index is 13.5. The van der Waals surface area contributed by atoms with E-state index in [0.29, 0.717) is 6.42 Å². The molecule has 2 unspecified atom stereocenters. The molecule has 0 fully saturated rings. The zero-order chi connectivity index (χ0) is 20.5. The molecule has 2 atom stereocenters. The number of benzene rings is 2. The number of ketones is 1. The van der Waals surface area contributed by atoms with E-state index >= 15 is 0 Å². The minimum atomic E-state index is -0.208. The van der Waals surface area contributed by atoms with Gasteiger partial charge in [-0.3, -0.25) is 9.78 Å². The summed E-state index contributed by atoms with van der Waals surface area (Å²) in [5.41, 5.74) is 7.41. The summed E-state index contributed by atoms with van der Waals surface area (Å²) in [4.78, 5) is 17.8. The third-order valence-electron chi connectivity index (χ3n) is 6.19. The van der Waals surface area contributed by atoms with E-state index in [9.17, 15) is 4.79 Å². The van der Waals surface area contributed by atoms with Crippen LogP contribution in [-0.4, -0.2) is 10.8 Å². The van der Waals surface area contributed by atoms with E-state index in [1.54, 1.807) is 6.20 Å². The van der Waals surface area contributed by atoms with Crippen molar-refractivity contribution in [2.75, 3.05) is 10.6 Å². The molecule has 1 aliphatic carbocycles. The van der Waals surface area contributed by atoms with Gasteiger partial charge in [0.25, 0.3) is 0 Å². The summed E-state index contributed by atoms with van der Waals surface area (Å²) in [5.74, 6) is 0.386. The Morgan fingerprint density at radius 3 is 2.47 bits per heavy atom. The number of Topliss-reactive ketones (excluding diaryl/α,β-unsaturated/α-hetero) is 1. The maximum absolute atomic E-state index is 13.5. The van der Waals surface area contributed by atoms with Crippen molar-refractivity contribution in [2.45, 2.75) is 38.1 Å². The van der Waals surface area contributed by atoms with Gasteiger partial charge in [0.2, 0.25) is 0 Å². The number of nitrogens with zero attached hydrogens (tertiary/aromatic N) is 1. The number of para-hydroxylation sites is 2. The van der Waals surface area contributed by atoms with Crippen molar-refractivity contribution in [2.24, 2.45) is 0 Å². The van der Waals surface area contributed by atoms with E-state index in [1.807, 2.05) is 30.5 Å². The molecule has 4 heteroatoms. The van der Waals surface area contributed by atoms with Gasteiger partial charge in [-0.2, -0.15) is 0 Å². The zero-order valence-electron chi connectivity index (χ0n) is 17.1. The fourth-order valence-corrected chi connectivity index (χ4v) is 4.55. The lowest BCUT2D eigenvalue weighted by Crippen LogP contribution is -2.26. The number of fused-ring (bicyclic) bond motifs is 1. The molecule has 5 rings (SSSR count). The summed E-state index contributed by atoms with van der Waals surface area (Å²) in [6, 6.07) is 20.6. The monoisotopic (exact) mass is 395 g/mol. The van der Waals surface area contributed by atoms with E-state index in [4.69, 9.17) is 0 Å². The van der Waals surface area contributed by atoms with Crippen molar-refractivity contribution in [3.63, 3.8) is 0 Å². The Bertz CT molecular complexity index is 1100. The topological polar surface area (TPSA) is 54.0 Å². The molecule has 1 aromatic heterocycles. The van der Waals surface area contributed by atoms with Gasteiger partial charge in [0.05, 0.1) is 17.4 Å². The minimum Gasteiger partial charge on any atom is -0.372 e. The van der Waals surface area contributed by atoms with Crippen LogP contribution < -0.4 is 10.6 Å². The van der Waals surface area contributed by atoms with Gasteiger partial charge < -0.3 is 10.6 Å². The van der Waals surface area contributed by atoms with Crippen molar-refractivity contribution in [3.05, 3.63) is 101 Å². The lowest BCUT2D eigenvalue weighted by atomic mass is 9.78. The van der Waals surface area contributed by atoms with Crippen molar-refractivity contribution in [1.29, 1.82) is 0 Å². The Morgan fingerprint density at radius 1 is 0.933 bits per heavy atom. The molecule has 0 bridgehead atoms. The van der Waals surface area contributed by atoms with E-state index in [2.05, 4.69) is 58.9 Å². The van der Waals surface area contributed by atoms with Crippen LogP contribution >= 0.6 is 0 Å². The van der Waals surface area contributed by atoms with Gasteiger partial charge in [-0.25, -0.2) is 0 Å². The molecule has 30 heavy (non-hydrogen) atoms. The molecule has 0 saturated carbocycles. The molecule has 2 heterocycles. The molecule has 2 aromatic carbocycles. The number of carbonyl (C=O) groups is 1. The first kappa shape index (κ1) is 18.6. The Kier molecular flexibility index (Phi) is 4.83. The normalized spacial score (nSPS) is 20.5. The van der Waals surface area contributed by atoms with Crippen molar-refractivity contribution in [3.8, 4) is 0 Å². The second kappa shape index (κ2) is 7.79. The third-order valence-corrected chi connectivity index (χ3v) is 6.19. The van der Waals surface area contributed by atoms with Crippen LogP contribution in [0.15, 0.2) is 84.3 Å². The number of aromatic nitrogens is 1. The highest BCUT2D eigenvalue weighted by Gasteiger charge is 2.36. The maximum Gasteiger partial charge on any atom is 0.163 e. The fourth-order valence-electron chi connectivity index (χ4n) is 4.55. The predicted octanol–water partition coefficient (Wildman–Crippen LogP) is 5.62. The van der Waals surface area contributed by atoms with Crippen LogP contribution in [0.5, 0.6) is 0 Å². The van der Waals surface area contributed by atoms with E-state index in [0.717, 1.165) is 41.1 Å². The lowest BCUT2D eigenvalue weighted by molar-refractivity contribution is -0.116. The van der Waals surface area contributed by atoms with Gasteiger partial charge in [-0.1, -0.05) is 49.4 Å². The van der Waals surface area contributed by atoms with Gasteiger partial charge in [0.1, 0.15) is 0 Å². The SMILES string of the molecule is CCc1ccc(C2CC(=O)C3=C(C2)Nc2ccccc2NC3c2cccnc2)cc1. The summed E-state index contributed by atoms with van der Waals surface area (Å²) in [6.45, 7) is 2.16. The predicted molar refractivity (Wildman–Crippen MR) is 120 cm³/mol. The smallest absolute Gasteiger partial charge is 0.163 e. The highest BCUT2D eigenvalue weighted by atomic mass is 16.1. The van der Waals surface area contributed by atoms with Crippen LogP contribution in [0.2, 0.25) is 0 Å². The highest BCUT2D eigenvalue weighted by molar-refractivity contribution is 6.01. The van der Waals surface area contributed by atoms with Crippen molar-refractivity contribution < 1.29 is 4.79 Å². The molecule has 3 aromatic rings. The van der Waals surface area contributed by atoms with Gasteiger partial charge in [0.15, 0.2) is 5.78 Å². The Balaban J connectivity index is 1.57. The average Bonchev–Trinajstić information content (AvgIpc) is 2.96. The molecule has 0 saturated heterocycles. The van der Waals surface area contributed by atoms with Crippen LogP contribution in [0.25, 0.3) is 0 Å². The molecule has 2 N–H and O–H groups in total. The molecular weight excluding hydrogens is 370 g/mol. The third kappa shape index (κ3) is 3.39. The van der Waals surface area contributed by atoms with Gasteiger partial charge in [-0.05, 0) is 53.6 Å². The first-order valence-electron chi connectivity index (χ1n) is 10.6. The molecule has 0 radical (unpaired) electrons. The van der Waals surface area contributed by atoms with Crippen molar-refractivity contribution >= 4 is 17.2 Å². The molecule has 150 valence electrons. The molecule has 1 aliphatic heterocycles. The largest absolute Gasteiger partial charge is 0.372 e. The number of carbonyl (C=O) groups excluding carboxylic acids is 1. The number of hydrogen-bond donors (Lipinski definition) is 2. The second-order valence-corrected chi connectivity index (χ2v) is 8.05. The Hall–Kier alpha value is -3.40. The van der Waals surface area contributed by atoms with Crippen LogP contribution in [0.1, 0.15) is 48.4 Å². The minimum absolute atomic E-state index is 0.189. The second-order valence-electron chi connectivity index (χ2n) is 8.05. The van der Waals surface area contributed by atoms with E-state index in [-0.39, 0.29) is 17.7 Å². The summed E-state index contributed by atoms with van der Waals surface area (Å²) in [6.07, 6.45) is 5.98. The molecule has 0 amide bonds. The van der Waals surface area contributed by atoms with Crippen LogP contribution in [-0.2, 0) is 11.2 Å². The first-order valence-corrected chi connectivity index (χ1v) is 10.6. The fraction of sp³-hybridized carbons (Fsp3) is 0.231. The molecular formula is C26H25N3O. The first-order chi connectivity index (χ1) is 14.7. The van der Waals surface area contributed by atoms with Crippen LogP contribution in [0.4, 0.5) is 11.4 Å². The number of pyridine rings is 1. The Morgan fingerprint density at radius 2 is 1.73 bits per heavy atom. The van der Waals surface area contributed by atoms with E-state index in [1.165, 1.54) is 11.1 Å². The van der Waals surface area contributed by atoms with Crippen molar-refractivity contribution in [1.82, 2.24) is 4.98 Å². The number of allylic oxidation sites excluding steroid dienone is 1.